The Morgan fingerprint density at radius 2 is 2.14 bits per heavy atom. The molecule has 0 aliphatic rings. The molecule has 0 bridgehead atoms. The number of hydrogen-bond donors (Lipinski definition) is 1. The highest BCUT2D eigenvalue weighted by molar-refractivity contribution is 7.10. The molecule has 2 heteroatoms. The Hall–Kier alpha value is -0.340. The van der Waals surface area contributed by atoms with E-state index in [1.54, 1.807) is 0 Å². The van der Waals surface area contributed by atoms with Crippen molar-refractivity contribution in [3.05, 3.63) is 21.9 Å². The highest BCUT2D eigenvalue weighted by Gasteiger charge is 2.00. The van der Waals surface area contributed by atoms with Gasteiger partial charge in [-0.15, -0.1) is 11.3 Å². The molecule has 0 saturated heterocycles. The van der Waals surface area contributed by atoms with Crippen LogP contribution in [0.25, 0.3) is 0 Å². The van der Waals surface area contributed by atoms with Crippen molar-refractivity contribution in [2.75, 3.05) is 6.54 Å². The fourth-order valence-electron chi connectivity index (χ4n) is 1.54. The molecule has 1 heterocycles. The summed E-state index contributed by atoms with van der Waals surface area (Å²) in [6.45, 7) is 6.69. The van der Waals surface area contributed by atoms with Crippen LogP contribution in [0.2, 0.25) is 0 Å². The first-order chi connectivity index (χ1) is 6.88. The highest BCUT2D eigenvalue weighted by atomic mass is 32.1. The van der Waals surface area contributed by atoms with Crippen molar-refractivity contribution < 1.29 is 0 Å². The van der Waals surface area contributed by atoms with Gasteiger partial charge in [0.05, 0.1) is 0 Å². The van der Waals surface area contributed by atoms with Gasteiger partial charge in [-0.25, -0.2) is 0 Å². The van der Waals surface area contributed by atoms with E-state index in [1.807, 2.05) is 11.3 Å². The summed E-state index contributed by atoms with van der Waals surface area (Å²) in [6, 6.07) is 2.24. The summed E-state index contributed by atoms with van der Waals surface area (Å²) in [6.07, 6.45) is 5.12. The lowest BCUT2D eigenvalue weighted by atomic mass is 10.2. The van der Waals surface area contributed by atoms with Crippen LogP contribution in [-0.2, 0) is 13.0 Å². The van der Waals surface area contributed by atoms with E-state index in [4.69, 9.17) is 0 Å². The van der Waals surface area contributed by atoms with Gasteiger partial charge in [0.15, 0.2) is 0 Å². The molecule has 0 saturated carbocycles. The van der Waals surface area contributed by atoms with E-state index >= 15 is 0 Å². The summed E-state index contributed by atoms with van der Waals surface area (Å²) in [7, 11) is 0. The van der Waals surface area contributed by atoms with E-state index in [-0.39, 0.29) is 0 Å². The van der Waals surface area contributed by atoms with Gasteiger partial charge in [-0.2, -0.15) is 0 Å². The first-order valence-electron chi connectivity index (χ1n) is 5.64. The lowest BCUT2D eigenvalue weighted by molar-refractivity contribution is 0.618. The molecular weight excluding hydrogens is 190 g/mol. The van der Waals surface area contributed by atoms with E-state index in [2.05, 4.69) is 30.6 Å². The lowest BCUT2D eigenvalue weighted by Gasteiger charge is -2.04. The third-order valence-corrected chi connectivity index (χ3v) is 3.42. The summed E-state index contributed by atoms with van der Waals surface area (Å²) in [5.41, 5.74) is 1.51. The average Bonchev–Trinajstić information content (AvgIpc) is 2.65. The van der Waals surface area contributed by atoms with Crippen LogP contribution in [0.5, 0.6) is 0 Å². The molecule has 1 N–H and O–H groups in total. The number of rotatable bonds is 7. The zero-order chi connectivity index (χ0) is 10.2. The normalized spacial score (nSPS) is 10.7. The molecular formula is C12H21NS. The van der Waals surface area contributed by atoms with Gasteiger partial charge >= 0.3 is 0 Å². The van der Waals surface area contributed by atoms with Crippen molar-refractivity contribution in [1.82, 2.24) is 5.32 Å². The Bertz CT molecular complexity index is 242. The molecule has 14 heavy (non-hydrogen) atoms. The first-order valence-corrected chi connectivity index (χ1v) is 6.52. The molecule has 1 aromatic heterocycles. The Balaban J connectivity index is 2.17. The van der Waals surface area contributed by atoms with Crippen LogP contribution in [0.3, 0.4) is 0 Å². The molecule has 0 aliphatic heterocycles. The number of unbranched alkanes of at least 4 members (excludes halogenated alkanes) is 2. The highest BCUT2D eigenvalue weighted by Crippen LogP contribution is 2.16. The van der Waals surface area contributed by atoms with Crippen molar-refractivity contribution in [2.45, 2.75) is 46.1 Å². The second-order valence-electron chi connectivity index (χ2n) is 3.61. The molecule has 1 nitrogen and oxygen atoms in total. The van der Waals surface area contributed by atoms with E-state index < -0.39 is 0 Å². The van der Waals surface area contributed by atoms with Gasteiger partial charge in [-0.1, -0.05) is 26.7 Å². The molecule has 0 spiro atoms. The lowest BCUT2D eigenvalue weighted by Crippen LogP contribution is -2.14. The molecule has 0 aromatic carbocycles. The molecule has 1 rings (SSSR count). The fourth-order valence-corrected chi connectivity index (χ4v) is 2.48. The second-order valence-corrected chi connectivity index (χ2v) is 4.61. The maximum absolute atomic E-state index is 3.51. The van der Waals surface area contributed by atoms with Gasteiger partial charge in [-0.05, 0) is 36.4 Å². The quantitative estimate of drug-likeness (QED) is 0.680. The van der Waals surface area contributed by atoms with Crippen molar-refractivity contribution in [1.29, 1.82) is 0 Å². The largest absolute Gasteiger partial charge is 0.312 e. The van der Waals surface area contributed by atoms with Crippen LogP contribution in [-0.4, -0.2) is 6.54 Å². The number of aryl methyl sites for hydroxylation is 1. The predicted molar refractivity (Wildman–Crippen MR) is 64.9 cm³/mol. The van der Waals surface area contributed by atoms with Gasteiger partial charge in [-0.3, -0.25) is 0 Å². The van der Waals surface area contributed by atoms with Crippen LogP contribution in [0.4, 0.5) is 0 Å². The Labute approximate surface area is 91.5 Å². The maximum atomic E-state index is 3.51. The van der Waals surface area contributed by atoms with E-state index in [0.29, 0.717) is 0 Å². The van der Waals surface area contributed by atoms with E-state index in [0.717, 1.165) is 19.5 Å². The zero-order valence-electron chi connectivity index (χ0n) is 9.31. The molecule has 0 atom stereocenters. The molecule has 0 fully saturated rings. The van der Waals surface area contributed by atoms with Gasteiger partial charge in [0.25, 0.3) is 0 Å². The summed E-state index contributed by atoms with van der Waals surface area (Å²) in [5, 5.41) is 5.70. The van der Waals surface area contributed by atoms with Crippen molar-refractivity contribution >= 4 is 11.3 Å². The molecule has 1 aromatic rings. The summed E-state index contributed by atoms with van der Waals surface area (Å²) >= 11 is 1.88. The zero-order valence-corrected chi connectivity index (χ0v) is 10.1. The van der Waals surface area contributed by atoms with Crippen LogP contribution in [0.15, 0.2) is 11.4 Å². The monoisotopic (exact) mass is 211 g/mol. The minimum absolute atomic E-state index is 1.06. The standard InChI is InChI=1S/C12H21NS/c1-3-5-6-8-13-10-12-11(4-2)7-9-14-12/h7,9,13H,3-6,8,10H2,1-2H3. The molecule has 0 radical (unpaired) electrons. The van der Waals surface area contributed by atoms with Gasteiger partial charge in [0.1, 0.15) is 0 Å². The third kappa shape index (κ3) is 3.81. The minimum Gasteiger partial charge on any atom is -0.312 e. The summed E-state index contributed by atoms with van der Waals surface area (Å²) in [5.74, 6) is 0. The smallest absolute Gasteiger partial charge is 0.0302 e. The van der Waals surface area contributed by atoms with Crippen LogP contribution >= 0.6 is 11.3 Å². The third-order valence-electron chi connectivity index (χ3n) is 2.46. The van der Waals surface area contributed by atoms with E-state index in [1.165, 1.54) is 29.7 Å². The topological polar surface area (TPSA) is 12.0 Å². The van der Waals surface area contributed by atoms with Crippen molar-refractivity contribution in [2.24, 2.45) is 0 Å². The Morgan fingerprint density at radius 1 is 1.29 bits per heavy atom. The first kappa shape index (κ1) is 11.7. The average molecular weight is 211 g/mol. The number of nitrogens with one attached hydrogen (secondary N) is 1. The van der Waals surface area contributed by atoms with Crippen molar-refractivity contribution in [3.8, 4) is 0 Å². The number of thiophene rings is 1. The predicted octanol–water partition coefficient (Wildman–Crippen LogP) is 3.59. The van der Waals surface area contributed by atoms with Crippen LogP contribution in [0.1, 0.15) is 43.6 Å². The Kier molecular flexibility index (Phi) is 5.88. The van der Waals surface area contributed by atoms with Crippen molar-refractivity contribution in [3.63, 3.8) is 0 Å². The Morgan fingerprint density at radius 3 is 2.86 bits per heavy atom. The van der Waals surface area contributed by atoms with Gasteiger partial charge in [0, 0.05) is 11.4 Å². The fraction of sp³-hybridized carbons (Fsp3) is 0.667. The maximum Gasteiger partial charge on any atom is 0.0302 e. The minimum atomic E-state index is 1.06. The SMILES string of the molecule is CCCCCNCc1sccc1CC. The second kappa shape index (κ2) is 7.02. The molecule has 0 unspecified atom stereocenters. The molecule has 0 amide bonds. The van der Waals surface area contributed by atoms with Gasteiger partial charge in [0.2, 0.25) is 0 Å². The molecule has 80 valence electrons. The van der Waals surface area contributed by atoms with Crippen LogP contribution < -0.4 is 5.32 Å². The number of hydrogen-bond acceptors (Lipinski definition) is 2. The van der Waals surface area contributed by atoms with Gasteiger partial charge < -0.3 is 5.32 Å². The molecule has 0 aliphatic carbocycles. The van der Waals surface area contributed by atoms with E-state index in [9.17, 15) is 0 Å². The summed E-state index contributed by atoms with van der Waals surface area (Å²) < 4.78 is 0. The summed E-state index contributed by atoms with van der Waals surface area (Å²) in [4.78, 5) is 1.52. The van der Waals surface area contributed by atoms with Crippen LogP contribution in [0, 0.1) is 0 Å².